The van der Waals surface area contributed by atoms with Crippen molar-refractivity contribution in [2.24, 2.45) is 0 Å². The van der Waals surface area contributed by atoms with E-state index in [2.05, 4.69) is 26.6 Å². The molecule has 3 aromatic rings. The highest BCUT2D eigenvalue weighted by Crippen LogP contribution is 2.24. The van der Waals surface area contributed by atoms with Crippen LogP contribution in [-0.2, 0) is 0 Å². The Morgan fingerprint density at radius 2 is 1.80 bits per heavy atom. The van der Waals surface area contributed by atoms with Gasteiger partial charge in [0.25, 0.3) is 0 Å². The molecular weight excluding hydrogens is 312 g/mol. The summed E-state index contributed by atoms with van der Waals surface area (Å²) in [5, 5.41) is 7.96. The number of hydrogen-bond acceptors (Lipinski definition) is 6. The zero-order valence-corrected chi connectivity index (χ0v) is 14.2. The Balaban J connectivity index is 1.58. The lowest BCUT2D eigenvalue weighted by molar-refractivity contribution is 0.249. The minimum Gasteiger partial charge on any atom is -0.368 e. The monoisotopic (exact) mass is 334 g/mol. The highest BCUT2D eigenvalue weighted by Gasteiger charge is 2.11. The largest absolute Gasteiger partial charge is 0.368 e. The van der Waals surface area contributed by atoms with Crippen molar-refractivity contribution in [2.75, 3.05) is 44.6 Å². The smallest absolute Gasteiger partial charge is 0.162 e. The summed E-state index contributed by atoms with van der Waals surface area (Å²) in [7, 11) is 0. The number of hydrogen-bond donors (Lipinski definition) is 2. The number of rotatable bonds is 5. The van der Waals surface area contributed by atoms with Gasteiger partial charge in [0.1, 0.15) is 5.82 Å². The summed E-state index contributed by atoms with van der Waals surface area (Å²) in [5.74, 6) is 1.62. The minimum atomic E-state index is 0.728. The molecule has 0 radical (unpaired) electrons. The zero-order valence-electron chi connectivity index (χ0n) is 14.2. The van der Waals surface area contributed by atoms with Crippen LogP contribution in [0.3, 0.4) is 0 Å². The molecule has 1 saturated heterocycles. The number of nitrogens with zero attached hydrogens (tertiary/aromatic N) is 4. The van der Waals surface area contributed by atoms with Crippen molar-refractivity contribution in [3.63, 3.8) is 0 Å². The van der Waals surface area contributed by atoms with Crippen molar-refractivity contribution in [1.82, 2.24) is 25.2 Å². The van der Waals surface area contributed by atoms with E-state index in [9.17, 15) is 0 Å². The first-order valence-electron chi connectivity index (χ1n) is 8.74. The summed E-state index contributed by atoms with van der Waals surface area (Å²) in [6, 6.07) is 12.0. The van der Waals surface area contributed by atoms with Gasteiger partial charge in [-0.25, -0.2) is 9.97 Å². The van der Waals surface area contributed by atoms with Crippen LogP contribution in [0.25, 0.3) is 22.3 Å². The van der Waals surface area contributed by atoms with Crippen molar-refractivity contribution in [2.45, 2.75) is 0 Å². The highest BCUT2D eigenvalue weighted by molar-refractivity contribution is 5.90. The molecule has 6 heteroatoms. The molecular formula is C19H22N6. The van der Waals surface area contributed by atoms with E-state index in [1.54, 1.807) is 12.4 Å². The molecule has 0 aliphatic carbocycles. The van der Waals surface area contributed by atoms with Crippen LogP contribution in [0, 0.1) is 0 Å². The van der Waals surface area contributed by atoms with Gasteiger partial charge in [0, 0.05) is 62.6 Å². The van der Waals surface area contributed by atoms with E-state index in [0.29, 0.717) is 0 Å². The van der Waals surface area contributed by atoms with Crippen LogP contribution in [0.1, 0.15) is 0 Å². The second-order valence-electron chi connectivity index (χ2n) is 6.17. The van der Waals surface area contributed by atoms with E-state index >= 15 is 0 Å². The first-order valence-corrected chi connectivity index (χ1v) is 8.74. The molecule has 1 aromatic carbocycles. The van der Waals surface area contributed by atoms with Gasteiger partial charge in [-0.1, -0.05) is 12.1 Å². The Bertz CT molecular complexity index is 830. The summed E-state index contributed by atoms with van der Waals surface area (Å²) in [6.45, 7) is 6.25. The Hall–Kier alpha value is -2.57. The molecule has 6 nitrogen and oxygen atoms in total. The fraction of sp³-hybridized carbons (Fsp3) is 0.316. The third kappa shape index (κ3) is 3.75. The molecule has 1 aliphatic heterocycles. The third-order valence-corrected chi connectivity index (χ3v) is 4.47. The summed E-state index contributed by atoms with van der Waals surface area (Å²) < 4.78 is 0. The predicted octanol–water partition coefficient (Wildman–Crippen LogP) is 2.01. The number of benzene rings is 1. The van der Waals surface area contributed by atoms with Crippen LogP contribution in [0.4, 0.5) is 5.82 Å². The molecule has 25 heavy (non-hydrogen) atoms. The molecule has 2 N–H and O–H groups in total. The van der Waals surface area contributed by atoms with Gasteiger partial charge in [-0.15, -0.1) is 0 Å². The molecule has 0 atom stereocenters. The summed E-state index contributed by atoms with van der Waals surface area (Å²) in [6.07, 6.45) is 3.54. The number of para-hydroxylation sites is 1. The lowest BCUT2D eigenvalue weighted by Crippen LogP contribution is -2.45. The van der Waals surface area contributed by atoms with Gasteiger partial charge in [-0.05, 0) is 24.3 Å². The van der Waals surface area contributed by atoms with Crippen LogP contribution >= 0.6 is 0 Å². The van der Waals surface area contributed by atoms with Crippen molar-refractivity contribution < 1.29 is 0 Å². The maximum atomic E-state index is 4.77. The van der Waals surface area contributed by atoms with Crippen LogP contribution in [0.2, 0.25) is 0 Å². The van der Waals surface area contributed by atoms with Gasteiger partial charge >= 0.3 is 0 Å². The van der Waals surface area contributed by atoms with E-state index < -0.39 is 0 Å². The van der Waals surface area contributed by atoms with E-state index in [1.165, 1.54) is 0 Å². The average molecular weight is 334 g/mol. The van der Waals surface area contributed by atoms with E-state index in [4.69, 9.17) is 9.97 Å². The average Bonchev–Trinajstić information content (AvgIpc) is 2.69. The van der Waals surface area contributed by atoms with E-state index in [-0.39, 0.29) is 0 Å². The number of fused-ring (bicyclic) bond motifs is 1. The number of anilines is 1. The summed E-state index contributed by atoms with van der Waals surface area (Å²) in [4.78, 5) is 16.0. The predicted molar refractivity (Wildman–Crippen MR) is 101 cm³/mol. The first-order chi connectivity index (χ1) is 12.4. The van der Waals surface area contributed by atoms with Gasteiger partial charge < -0.3 is 10.6 Å². The third-order valence-electron chi connectivity index (χ3n) is 4.47. The standard InChI is InChI=1S/C19H22N6/c1-2-4-17-16(3-1)19(22-11-14-25-12-9-21-10-13-25)24-18(23-17)15-5-7-20-8-6-15/h1-8,21H,9-14H2,(H,22,23,24). The fourth-order valence-corrected chi connectivity index (χ4v) is 3.11. The van der Waals surface area contributed by atoms with E-state index in [0.717, 1.165) is 67.4 Å². The quantitative estimate of drug-likeness (QED) is 0.744. The summed E-state index contributed by atoms with van der Waals surface area (Å²) in [5.41, 5.74) is 1.93. The van der Waals surface area contributed by atoms with Crippen molar-refractivity contribution in [3.05, 3.63) is 48.8 Å². The fourth-order valence-electron chi connectivity index (χ4n) is 3.11. The number of piperazine rings is 1. The molecule has 128 valence electrons. The van der Waals surface area contributed by atoms with Gasteiger partial charge in [-0.3, -0.25) is 9.88 Å². The minimum absolute atomic E-state index is 0.728. The molecule has 0 spiro atoms. The second-order valence-corrected chi connectivity index (χ2v) is 6.17. The number of aromatic nitrogens is 3. The maximum Gasteiger partial charge on any atom is 0.162 e. The molecule has 0 amide bonds. The van der Waals surface area contributed by atoms with Gasteiger partial charge in [0.2, 0.25) is 0 Å². The zero-order chi connectivity index (χ0) is 16.9. The van der Waals surface area contributed by atoms with E-state index in [1.807, 2.05) is 30.3 Å². The Morgan fingerprint density at radius 1 is 1.00 bits per heavy atom. The molecule has 1 aliphatic rings. The van der Waals surface area contributed by atoms with Crippen LogP contribution in [-0.4, -0.2) is 59.1 Å². The van der Waals surface area contributed by atoms with Crippen molar-refractivity contribution in [3.8, 4) is 11.4 Å². The Morgan fingerprint density at radius 3 is 2.64 bits per heavy atom. The van der Waals surface area contributed by atoms with Crippen LogP contribution < -0.4 is 10.6 Å². The highest BCUT2D eigenvalue weighted by atomic mass is 15.2. The molecule has 3 heterocycles. The molecule has 1 fully saturated rings. The van der Waals surface area contributed by atoms with Gasteiger partial charge in [0.15, 0.2) is 5.82 Å². The topological polar surface area (TPSA) is 66.0 Å². The second kappa shape index (κ2) is 7.55. The lowest BCUT2D eigenvalue weighted by atomic mass is 10.2. The lowest BCUT2D eigenvalue weighted by Gasteiger charge is -2.27. The summed E-state index contributed by atoms with van der Waals surface area (Å²) >= 11 is 0. The SMILES string of the molecule is c1ccc2c(NCCN3CCNCC3)nc(-c3ccncc3)nc2c1. The van der Waals surface area contributed by atoms with Crippen LogP contribution in [0.5, 0.6) is 0 Å². The normalized spacial score (nSPS) is 15.4. The molecule has 0 unspecified atom stereocenters. The first kappa shape index (κ1) is 15.9. The number of pyridine rings is 1. The Labute approximate surface area is 147 Å². The number of nitrogens with one attached hydrogen (secondary N) is 2. The van der Waals surface area contributed by atoms with Gasteiger partial charge in [-0.2, -0.15) is 0 Å². The van der Waals surface area contributed by atoms with Gasteiger partial charge in [0.05, 0.1) is 5.52 Å². The Kier molecular flexibility index (Phi) is 4.81. The molecule has 0 bridgehead atoms. The van der Waals surface area contributed by atoms with Crippen molar-refractivity contribution in [1.29, 1.82) is 0 Å². The molecule has 0 saturated carbocycles. The maximum absolute atomic E-state index is 4.77. The molecule has 4 rings (SSSR count). The molecule has 2 aromatic heterocycles. The van der Waals surface area contributed by atoms with Crippen molar-refractivity contribution >= 4 is 16.7 Å². The van der Waals surface area contributed by atoms with Crippen LogP contribution in [0.15, 0.2) is 48.8 Å².